The van der Waals surface area contributed by atoms with E-state index in [4.69, 9.17) is 16.3 Å². The van der Waals surface area contributed by atoms with Gasteiger partial charge in [-0.1, -0.05) is 35.9 Å². The van der Waals surface area contributed by atoms with E-state index in [1.807, 2.05) is 18.2 Å². The van der Waals surface area contributed by atoms with Crippen LogP contribution in [0.5, 0.6) is 11.6 Å². The van der Waals surface area contributed by atoms with E-state index >= 15 is 0 Å². The molecule has 152 valence electrons. The number of halogens is 1. The second kappa shape index (κ2) is 8.85. The van der Waals surface area contributed by atoms with Crippen molar-refractivity contribution in [1.29, 1.82) is 5.26 Å². The number of rotatable bonds is 6. The lowest BCUT2D eigenvalue weighted by atomic mass is 9.97. The summed E-state index contributed by atoms with van der Waals surface area (Å²) in [6, 6.07) is 15.4. The van der Waals surface area contributed by atoms with E-state index in [1.54, 1.807) is 37.4 Å². The van der Waals surface area contributed by atoms with Crippen LogP contribution in [0.15, 0.2) is 53.3 Å². The summed E-state index contributed by atoms with van der Waals surface area (Å²) in [4.78, 5) is 25.8. The molecule has 7 heteroatoms. The number of aryl methyl sites for hydroxylation is 1. The summed E-state index contributed by atoms with van der Waals surface area (Å²) in [7, 11) is 1.57. The molecule has 3 aromatic rings. The molecule has 0 aliphatic carbocycles. The maximum Gasteiger partial charge on any atom is 0.271 e. The van der Waals surface area contributed by atoms with Crippen LogP contribution in [-0.4, -0.2) is 22.6 Å². The van der Waals surface area contributed by atoms with Crippen molar-refractivity contribution < 1.29 is 14.6 Å². The lowest BCUT2D eigenvalue weighted by Crippen LogP contribution is -2.27. The molecule has 1 N–H and O–H groups in total. The van der Waals surface area contributed by atoms with Crippen molar-refractivity contribution in [2.75, 3.05) is 7.11 Å². The highest BCUT2D eigenvalue weighted by atomic mass is 35.5. The minimum atomic E-state index is -0.636. The van der Waals surface area contributed by atoms with Gasteiger partial charge in [0.2, 0.25) is 5.88 Å². The zero-order valence-electron chi connectivity index (χ0n) is 16.5. The number of carbonyl (C=O) groups is 1. The molecule has 0 radical (unpaired) electrons. The van der Waals surface area contributed by atoms with Crippen molar-refractivity contribution in [3.8, 4) is 17.7 Å². The highest BCUT2D eigenvalue weighted by Crippen LogP contribution is 2.26. The third-order valence-electron chi connectivity index (χ3n) is 4.90. The van der Waals surface area contributed by atoms with Crippen LogP contribution < -0.4 is 10.3 Å². The smallest absolute Gasteiger partial charge is 0.271 e. The maximum absolute atomic E-state index is 13.1. The van der Waals surface area contributed by atoms with Gasteiger partial charge >= 0.3 is 0 Å². The van der Waals surface area contributed by atoms with Gasteiger partial charge in [0.15, 0.2) is 5.78 Å². The summed E-state index contributed by atoms with van der Waals surface area (Å²) >= 11 is 5.98. The number of ketones is 1. The van der Waals surface area contributed by atoms with E-state index < -0.39 is 17.2 Å². The average molecular weight is 423 g/mol. The van der Waals surface area contributed by atoms with E-state index in [1.165, 1.54) is 13.0 Å². The predicted molar refractivity (Wildman–Crippen MR) is 113 cm³/mol. The summed E-state index contributed by atoms with van der Waals surface area (Å²) in [6.07, 6.45) is 0.413. The number of benzene rings is 2. The molecule has 0 atom stereocenters. The van der Waals surface area contributed by atoms with Crippen molar-refractivity contribution in [1.82, 2.24) is 4.57 Å². The second-order valence-electron chi connectivity index (χ2n) is 6.70. The maximum atomic E-state index is 13.1. The number of methoxy groups -OCH3 is 1. The van der Waals surface area contributed by atoms with Crippen LogP contribution >= 0.6 is 11.6 Å². The first-order valence-electron chi connectivity index (χ1n) is 9.17. The molecule has 0 unspecified atom stereocenters. The topological polar surface area (TPSA) is 92.3 Å². The number of hydrogen-bond donors (Lipinski definition) is 1. The average Bonchev–Trinajstić information content (AvgIpc) is 2.74. The van der Waals surface area contributed by atoms with Crippen LogP contribution in [0.4, 0.5) is 0 Å². The largest absolute Gasteiger partial charge is 0.497 e. The molecule has 3 rings (SSSR count). The second-order valence-corrected chi connectivity index (χ2v) is 7.14. The molecule has 0 saturated carbocycles. The van der Waals surface area contributed by atoms with Gasteiger partial charge in [0, 0.05) is 17.1 Å². The molecule has 0 saturated heterocycles. The zero-order valence-corrected chi connectivity index (χ0v) is 17.2. The first kappa shape index (κ1) is 21.2. The number of ether oxygens (including phenoxy) is 1. The Morgan fingerprint density at radius 2 is 1.93 bits per heavy atom. The van der Waals surface area contributed by atoms with Crippen molar-refractivity contribution >= 4 is 17.4 Å². The van der Waals surface area contributed by atoms with E-state index in [0.29, 0.717) is 17.2 Å². The molecule has 6 nitrogen and oxygen atoms in total. The number of aromatic hydroxyl groups is 1. The summed E-state index contributed by atoms with van der Waals surface area (Å²) in [6.45, 7) is 1.58. The van der Waals surface area contributed by atoms with Crippen LogP contribution in [0.2, 0.25) is 5.02 Å². The number of nitriles is 1. The Hall–Kier alpha value is -3.56. The zero-order chi connectivity index (χ0) is 21.8. The summed E-state index contributed by atoms with van der Waals surface area (Å²) in [5.74, 6) is -0.271. The number of pyridine rings is 1. The van der Waals surface area contributed by atoms with Gasteiger partial charge < -0.3 is 9.84 Å². The fourth-order valence-electron chi connectivity index (χ4n) is 3.24. The number of nitrogens with zero attached hydrogens (tertiary/aromatic N) is 2. The Bertz CT molecular complexity index is 1210. The van der Waals surface area contributed by atoms with Crippen LogP contribution in [-0.2, 0) is 13.0 Å². The van der Waals surface area contributed by atoms with Gasteiger partial charge in [-0.15, -0.1) is 0 Å². The van der Waals surface area contributed by atoms with Gasteiger partial charge in [-0.3, -0.25) is 14.2 Å². The fraction of sp³-hybridized carbons (Fsp3) is 0.174. The van der Waals surface area contributed by atoms with E-state index in [-0.39, 0.29) is 28.8 Å². The third kappa shape index (κ3) is 4.07. The van der Waals surface area contributed by atoms with Crippen LogP contribution in [0, 0.1) is 18.3 Å². The van der Waals surface area contributed by atoms with Crippen molar-refractivity contribution in [2.24, 2.45) is 0 Å². The molecule has 0 aliphatic heterocycles. The van der Waals surface area contributed by atoms with Crippen LogP contribution in [0.3, 0.4) is 0 Å². The highest BCUT2D eigenvalue weighted by Gasteiger charge is 2.25. The highest BCUT2D eigenvalue weighted by molar-refractivity contribution is 6.31. The summed E-state index contributed by atoms with van der Waals surface area (Å²) < 4.78 is 6.19. The first-order chi connectivity index (χ1) is 14.4. The Labute approximate surface area is 178 Å². The van der Waals surface area contributed by atoms with Crippen LogP contribution in [0.25, 0.3) is 0 Å². The van der Waals surface area contributed by atoms with Gasteiger partial charge in [-0.25, -0.2) is 0 Å². The number of aromatic nitrogens is 1. The lowest BCUT2D eigenvalue weighted by Gasteiger charge is -2.16. The molecule has 0 spiro atoms. The Balaban J connectivity index is 2.05. The molecule has 0 bridgehead atoms. The number of hydrogen-bond acceptors (Lipinski definition) is 5. The molecule has 1 heterocycles. The minimum absolute atomic E-state index is 0.0804. The van der Waals surface area contributed by atoms with Crippen molar-refractivity contribution in [3.63, 3.8) is 0 Å². The van der Waals surface area contributed by atoms with Gasteiger partial charge in [-0.2, -0.15) is 5.26 Å². The SMILES string of the molecule is COc1ccc(CCn2c(O)c(C(=O)c3cccc(Cl)c3)c(C)c(C#N)c2=O)cc1. The number of carbonyl (C=O) groups excluding carboxylic acids is 1. The van der Waals surface area contributed by atoms with E-state index in [2.05, 4.69) is 0 Å². The van der Waals surface area contributed by atoms with Crippen molar-refractivity contribution in [2.45, 2.75) is 19.9 Å². The molecule has 0 fully saturated rings. The van der Waals surface area contributed by atoms with Gasteiger partial charge in [0.1, 0.15) is 17.4 Å². The lowest BCUT2D eigenvalue weighted by molar-refractivity contribution is 0.103. The summed E-state index contributed by atoms with van der Waals surface area (Å²) in [5, 5.41) is 20.7. The predicted octanol–water partition coefficient (Wildman–Crippen LogP) is 3.87. The third-order valence-corrected chi connectivity index (χ3v) is 5.13. The Kier molecular flexibility index (Phi) is 6.24. The van der Waals surface area contributed by atoms with E-state index in [0.717, 1.165) is 10.1 Å². The van der Waals surface area contributed by atoms with Crippen LogP contribution in [0.1, 0.15) is 32.6 Å². The molecular weight excluding hydrogens is 404 g/mol. The monoisotopic (exact) mass is 422 g/mol. The van der Waals surface area contributed by atoms with Crippen molar-refractivity contribution in [3.05, 3.63) is 91.7 Å². The first-order valence-corrected chi connectivity index (χ1v) is 9.54. The van der Waals surface area contributed by atoms with Gasteiger partial charge in [-0.05, 0) is 48.7 Å². The standard InChI is InChI=1S/C23H19ClN2O4/c1-14-19(13-25)22(28)26(11-10-15-6-8-18(30-2)9-7-15)23(29)20(14)21(27)16-4-3-5-17(24)12-16/h3-9,12,29H,10-11H2,1-2H3. The molecule has 0 aliphatic rings. The normalized spacial score (nSPS) is 10.5. The Morgan fingerprint density at radius 1 is 1.23 bits per heavy atom. The molecule has 30 heavy (non-hydrogen) atoms. The minimum Gasteiger partial charge on any atom is -0.497 e. The molecular formula is C23H19ClN2O4. The molecule has 2 aromatic carbocycles. The Morgan fingerprint density at radius 3 is 2.53 bits per heavy atom. The van der Waals surface area contributed by atoms with E-state index in [9.17, 15) is 20.0 Å². The molecule has 0 amide bonds. The quantitative estimate of drug-likeness (QED) is 0.609. The summed E-state index contributed by atoms with van der Waals surface area (Å²) in [5.41, 5.74) is 0.416. The molecule has 1 aromatic heterocycles. The fourth-order valence-corrected chi connectivity index (χ4v) is 3.43. The van der Waals surface area contributed by atoms with Gasteiger partial charge in [0.25, 0.3) is 5.56 Å². The van der Waals surface area contributed by atoms with Gasteiger partial charge in [0.05, 0.1) is 12.7 Å².